The fourth-order valence-corrected chi connectivity index (χ4v) is 2.05. The molecule has 0 saturated heterocycles. The number of carbonyl (C=O) groups is 1. The molecule has 0 aliphatic heterocycles. The van der Waals surface area contributed by atoms with Gasteiger partial charge in [-0.25, -0.2) is 4.79 Å². The third-order valence-corrected chi connectivity index (χ3v) is 3.81. The van der Waals surface area contributed by atoms with Crippen LogP contribution >= 0.6 is 0 Å². The molecular weight excluding hydrogens is 224 g/mol. The van der Waals surface area contributed by atoms with Gasteiger partial charge >= 0.3 is 5.97 Å². The molecule has 0 radical (unpaired) electrons. The first-order valence-corrected chi connectivity index (χ1v) is 6.77. The average Bonchev–Trinajstić information content (AvgIpc) is 2.43. The second-order valence-electron chi connectivity index (χ2n) is 4.96. The zero-order valence-corrected chi connectivity index (χ0v) is 12.1. The maximum atomic E-state index is 11.9. The van der Waals surface area contributed by atoms with Gasteiger partial charge in [-0.2, -0.15) is 0 Å². The van der Waals surface area contributed by atoms with E-state index in [0.29, 0.717) is 11.8 Å². The van der Waals surface area contributed by atoms with Crippen molar-refractivity contribution in [3.8, 4) is 0 Å². The summed E-state index contributed by atoms with van der Waals surface area (Å²) in [7, 11) is 1.44. The molecule has 0 aliphatic carbocycles. The van der Waals surface area contributed by atoms with Crippen LogP contribution in [0.4, 0.5) is 0 Å². The summed E-state index contributed by atoms with van der Waals surface area (Å²) >= 11 is 0. The Balaban J connectivity index is 3.24. The summed E-state index contributed by atoms with van der Waals surface area (Å²) in [6.45, 7) is 8.61. The van der Waals surface area contributed by atoms with E-state index < -0.39 is 0 Å². The summed E-state index contributed by atoms with van der Waals surface area (Å²) in [5.74, 6) is 0.625. The van der Waals surface area contributed by atoms with Crippen LogP contribution < -0.4 is 0 Å². The van der Waals surface area contributed by atoms with Crippen LogP contribution in [-0.4, -0.2) is 13.1 Å². The van der Waals surface area contributed by atoms with E-state index in [4.69, 9.17) is 4.74 Å². The number of esters is 1. The predicted molar refractivity (Wildman–Crippen MR) is 75.2 cm³/mol. The van der Waals surface area contributed by atoms with Crippen LogP contribution in [0.5, 0.6) is 0 Å². The molecule has 1 aromatic rings. The maximum Gasteiger partial charge on any atom is 0.338 e. The molecule has 0 aromatic heterocycles. The lowest BCUT2D eigenvalue weighted by molar-refractivity contribution is 0.0599. The zero-order valence-electron chi connectivity index (χ0n) is 12.1. The Morgan fingerprint density at radius 2 is 1.78 bits per heavy atom. The third-order valence-electron chi connectivity index (χ3n) is 3.81. The highest BCUT2D eigenvalue weighted by Gasteiger charge is 2.17. The highest BCUT2D eigenvalue weighted by molar-refractivity contribution is 5.91. The van der Waals surface area contributed by atoms with Gasteiger partial charge in [0.2, 0.25) is 0 Å². The van der Waals surface area contributed by atoms with Crippen molar-refractivity contribution < 1.29 is 9.53 Å². The van der Waals surface area contributed by atoms with Gasteiger partial charge < -0.3 is 4.74 Å². The minimum absolute atomic E-state index is 0.226. The molecule has 0 heterocycles. The molecule has 1 aromatic carbocycles. The number of hydrogen-bond donors (Lipinski definition) is 0. The lowest BCUT2D eigenvalue weighted by Gasteiger charge is -2.17. The summed E-state index contributed by atoms with van der Waals surface area (Å²) in [6, 6.07) is 6.23. The Morgan fingerprint density at radius 3 is 2.28 bits per heavy atom. The van der Waals surface area contributed by atoms with Crippen molar-refractivity contribution in [2.75, 3.05) is 7.11 Å². The second kappa shape index (κ2) is 6.58. The minimum Gasteiger partial charge on any atom is -0.465 e. The molecule has 0 spiro atoms. The number of benzene rings is 1. The van der Waals surface area contributed by atoms with Gasteiger partial charge in [0.15, 0.2) is 0 Å². The number of hydrogen-bond acceptors (Lipinski definition) is 2. The van der Waals surface area contributed by atoms with Crippen LogP contribution in [0.2, 0.25) is 0 Å². The van der Waals surface area contributed by atoms with Crippen molar-refractivity contribution in [2.24, 2.45) is 0 Å². The fraction of sp³-hybridized carbons (Fsp3) is 0.562. The number of ether oxygens (including phenoxy) is 1. The molecule has 2 nitrogen and oxygen atoms in total. The van der Waals surface area contributed by atoms with Crippen molar-refractivity contribution >= 4 is 5.97 Å². The van der Waals surface area contributed by atoms with Crippen LogP contribution in [0.3, 0.4) is 0 Å². The topological polar surface area (TPSA) is 26.3 Å². The summed E-state index contributed by atoms with van der Waals surface area (Å²) in [4.78, 5) is 11.9. The minimum atomic E-state index is -0.226. The first-order chi connectivity index (χ1) is 8.54. The van der Waals surface area contributed by atoms with Gasteiger partial charge in [0.25, 0.3) is 0 Å². The standard InChI is InChI=1S/C16H24O2/c1-6-11(3)13-8-9-14(12(4)7-2)15(10-13)16(17)18-5/h8-12H,6-7H2,1-5H3. The van der Waals surface area contributed by atoms with Crippen molar-refractivity contribution in [2.45, 2.75) is 52.4 Å². The van der Waals surface area contributed by atoms with Crippen molar-refractivity contribution in [1.82, 2.24) is 0 Å². The summed E-state index contributed by atoms with van der Waals surface area (Å²) in [5, 5.41) is 0. The van der Waals surface area contributed by atoms with E-state index in [1.807, 2.05) is 6.07 Å². The Kier molecular flexibility index (Phi) is 5.39. The van der Waals surface area contributed by atoms with Crippen LogP contribution in [0, 0.1) is 0 Å². The van der Waals surface area contributed by atoms with Crippen LogP contribution in [0.15, 0.2) is 18.2 Å². The summed E-state index contributed by atoms with van der Waals surface area (Å²) in [5.41, 5.74) is 3.03. The molecule has 100 valence electrons. The van der Waals surface area contributed by atoms with E-state index in [1.54, 1.807) is 0 Å². The highest BCUT2D eigenvalue weighted by atomic mass is 16.5. The largest absolute Gasteiger partial charge is 0.465 e. The average molecular weight is 248 g/mol. The Hall–Kier alpha value is -1.31. The van der Waals surface area contributed by atoms with Gasteiger partial charge in [0, 0.05) is 0 Å². The second-order valence-corrected chi connectivity index (χ2v) is 4.96. The number of carbonyl (C=O) groups excluding carboxylic acids is 1. The van der Waals surface area contributed by atoms with Crippen LogP contribution in [0.25, 0.3) is 0 Å². The van der Waals surface area contributed by atoms with E-state index >= 15 is 0 Å². The smallest absolute Gasteiger partial charge is 0.338 e. The SMILES string of the molecule is CCC(C)c1ccc(C(C)CC)c(C(=O)OC)c1. The molecule has 0 aliphatic rings. The Bertz CT molecular complexity index is 410. The van der Waals surface area contributed by atoms with Crippen molar-refractivity contribution in [3.05, 3.63) is 34.9 Å². The van der Waals surface area contributed by atoms with E-state index in [-0.39, 0.29) is 5.97 Å². The number of rotatable bonds is 5. The molecular formula is C16H24O2. The molecule has 2 atom stereocenters. The van der Waals surface area contributed by atoms with Gasteiger partial charge in [0.05, 0.1) is 12.7 Å². The highest BCUT2D eigenvalue weighted by Crippen LogP contribution is 2.28. The molecule has 2 unspecified atom stereocenters. The number of methoxy groups -OCH3 is 1. The summed E-state index contributed by atoms with van der Waals surface area (Å²) < 4.78 is 4.90. The monoisotopic (exact) mass is 248 g/mol. The molecule has 0 bridgehead atoms. The van der Waals surface area contributed by atoms with Crippen LogP contribution in [0.1, 0.15) is 73.9 Å². The quantitative estimate of drug-likeness (QED) is 0.717. The van der Waals surface area contributed by atoms with Gasteiger partial charge in [-0.05, 0) is 41.9 Å². The lowest BCUT2D eigenvalue weighted by Crippen LogP contribution is -2.09. The normalized spacial score (nSPS) is 14.1. The fourth-order valence-electron chi connectivity index (χ4n) is 2.05. The Morgan fingerprint density at radius 1 is 1.17 bits per heavy atom. The molecule has 0 amide bonds. The molecule has 0 saturated carbocycles. The van der Waals surface area contributed by atoms with Crippen molar-refractivity contribution in [3.63, 3.8) is 0 Å². The predicted octanol–water partition coefficient (Wildman–Crippen LogP) is 4.50. The first-order valence-electron chi connectivity index (χ1n) is 6.77. The maximum absolute atomic E-state index is 11.9. The van der Waals surface area contributed by atoms with E-state index in [2.05, 4.69) is 39.8 Å². The molecule has 0 N–H and O–H groups in total. The molecule has 2 heteroatoms. The Labute approximate surface area is 110 Å². The third kappa shape index (κ3) is 3.12. The van der Waals surface area contributed by atoms with E-state index in [0.717, 1.165) is 24.0 Å². The summed E-state index contributed by atoms with van der Waals surface area (Å²) in [6.07, 6.45) is 2.09. The van der Waals surface area contributed by atoms with Crippen LogP contribution in [-0.2, 0) is 4.74 Å². The zero-order chi connectivity index (χ0) is 13.7. The van der Waals surface area contributed by atoms with Gasteiger partial charge in [-0.15, -0.1) is 0 Å². The molecule has 1 rings (SSSR count). The van der Waals surface area contributed by atoms with E-state index in [9.17, 15) is 4.79 Å². The van der Waals surface area contributed by atoms with Crippen molar-refractivity contribution in [1.29, 1.82) is 0 Å². The molecule has 18 heavy (non-hydrogen) atoms. The molecule has 0 fully saturated rings. The van der Waals surface area contributed by atoms with Gasteiger partial charge in [-0.1, -0.05) is 39.8 Å². The lowest BCUT2D eigenvalue weighted by atomic mass is 9.89. The van der Waals surface area contributed by atoms with Gasteiger partial charge in [-0.3, -0.25) is 0 Å². The first kappa shape index (κ1) is 14.7. The van der Waals surface area contributed by atoms with Gasteiger partial charge in [0.1, 0.15) is 0 Å². The van der Waals surface area contributed by atoms with E-state index in [1.165, 1.54) is 12.7 Å².